The Morgan fingerprint density at radius 1 is 1.06 bits per heavy atom. The van der Waals surface area contributed by atoms with Crippen LogP contribution in [-0.4, -0.2) is 40.9 Å². The van der Waals surface area contributed by atoms with Crippen molar-refractivity contribution in [3.05, 3.63) is 71.4 Å². The number of benzene rings is 2. The molecule has 1 fully saturated rings. The highest BCUT2D eigenvalue weighted by atomic mass is 16.6. The maximum Gasteiger partial charge on any atom is 0.414 e. The van der Waals surface area contributed by atoms with E-state index < -0.39 is 24.0 Å². The quantitative estimate of drug-likeness (QED) is 0.504. The number of nitrogens with one attached hydrogen (secondary N) is 2. The smallest absolute Gasteiger partial charge is 0.414 e. The SMILES string of the molecule is O=C(Nc1cc(C(=O)NC(C(=O)O)C2CC2)no1)OCC1c2ccccc2-c2ccccc21. The van der Waals surface area contributed by atoms with E-state index in [0.29, 0.717) is 0 Å². The molecule has 0 aliphatic heterocycles. The highest BCUT2D eigenvalue weighted by molar-refractivity contribution is 5.96. The zero-order chi connectivity index (χ0) is 22.9. The predicted molar refractivity (Wildman–Crippen MR) is 117 cm³/mol. The van der Waals surface area contributed by atoms with E-state index in [4.69, 9.17) is 9.26 Å². The number of hydrogen-bond acceptors (Lipinski definition) is 6. The van der Waals surface area contributed by atoms with Crippen LogP contribution >= 0.6 is 0 Å². The van der Waals surface area contributed by atoms with Crippen LogP contribution in [0.15, 0.2) is 59.1 Å². The molecule has 1 aromatic heterocycles. The number of nitrogens with zero attached hydrogens (tertiary/aromatic N) is 1. The summed E-state index contributed by atoms with van der Waals surface area (Å²) in [6.45, 7) is 0.128. The van der Waals surface area contributed by atoms with Crippen LogP contribution in [0, 0.1) is 5.92 Å². The number of aliphatic carboxylic acids is 1. The van der Waals surface area contributed by atoms with Gasteiger partial charge in [-0.3, -0.25) is 10.1 Å². The molecular weight excluding hydrogens is 426 g/mol. The number of carbonyl (C=O) groups excluding carboxylic acids is 2. The molecule has 168 valence electrons. The van der Waals surface area contributed by atoms with Crippen LogP contribution in [0.5, 0.6) is 0 Å². The Balaban J connectivity index is 1.20. The first-order chi connectivity index (χ1) is 16.0. The minimum atomic E-state index is -1.09. The van der Waals surface area contributed by atoms with Gasteiger partial charge in [0.2, 0.25) is 5.88 Å². The average Bonchev–Trinajstić information content (AvgIpc) is 3.46. The lowest BCUT2D eigenvalue weighted by molar-refractivity contribution is -0.139. The topological polar surface area (TPSA) is 131 Å². The number of carbonyl (C=O) groups is 3. The van der Waals surface area contributed by atoms with Gasteiger partial charge in [-0.15, -0.1) is 0 Å². The largest absolute Gasteiger partial charge is 0.480 e. The Bertz CT molecular complexity index is 1190. The van der Waals surface area contributed by atoms with Crippen molar-refractivity contribution in [1.29, 1.82) is 0 Å². The van der Waals surface area contributed by atoms with E-state index in [-0.39, 0.29) is 30.0 Å². The van der Waals surface area contributed by atoms with E-state index in [1.807, 2.05) is 48.5 Å². The first kappa shape index (κ1) is 20.7. The summed E-state index contributed by atoms with van der Waals surface area (Å²) in [6.07, 6.45) is 0.760. The van der Waals surface area contributed by atoms with Gasteiger partial charge in [0.05, 0.1) is 0 Å². The minimum absolute atomic E-state index is 0.0724. The molecule has 1 saturated carbocycles. The first-order valence-electron chi connectivity index (χ1n) is 10.6. The van der Waals surface area contributed by atoms with Gasteiger partial charge in [0.25, 0.3) is 5.91 Å². The van der Waals surface area contributed by atoms with Crippen LogP contribution in [0.1, 0.15) is 40.4 Å². The Labute approximate surface area is 188 Å². The predicted octanol–water partition coefficient (Wildman–Crippen LogP) is 3.63. The Morgan fingerprint density at radius 3 is 2.30 bits per heavy atom. The average molecular weight is 447 g/mol. The lowest BCUT2D eigenvalue weighted by Crippen LogP contribution is -2.42. The van der Waals surface area contributed by atoms with E-state index in [9.17, 15) is 19.5 Å². The highest BCUT2D eigenvalue weighted by Crippen LogP contribution is 2.44. The van der Waals surface area contributed by atoms with E-state index in [1.54, 1.807) is 0 Å². The van der Waals surface area contributed by atoms with Gasteiger partial charge in [-0.1, -0.05) is 53.7 Å². The Morgan fingerprint density at radius 2 is 1.70 bits per heavy atom. The molecule has 0 radical (unpaired) electrons. The van der Waals surface area contributed by atoms with E-state index in [2.05, 4.69) is 15.8 Å². The molecule has 2 amide bonds. The maximum absolute atomic E-state index is 12.3. The van der Waals surface area contributed by atoms with E-state index in [1.165, 1.54) is 6.07 Å². The molecule has 1 atom stereocenters. The molecule has 0 saturated heterocycles. The van der Waals surface area contributed by atoms with E-state index in [0.717, 1.165) is 35.1 Å². The summed E-state index contributed by atoms with van der Waals surface area (Å²) in [7, 11) is 0. The summed E-state index contributed by atoms with van der Waals surface area (Å²) < 4.78 is 10.4. The van der Waals surface area contributed by atoms with Crippen molar-refractivity contribution >= 4 is 23.9 Å². The first-order valence-corrected chi connectivity index (χ1v) is 10.6. The van der Waals surface area contributed by atoms with E-state index >= 15 is 0 Å². The molecule has 9 heteroatoms. The standard InChI is InChI=1S/C24H21N3O6/c28-22(26-21(23(29)30)13-9-10-13)19-11-20(33-27-19)25-24(31)32-12-18-16-7-3-1-5-14(16)15-6-2-4-8-17(15)18/h1-8,11,13,18,21H,9-10,12H2,(H,25,31)(H,26,28)(H,29,30). The maximum atomic E-state index is 12.3. The Kier molecular flexibility index (Phi) is 5.29. The summed E-state index contributed by atoms with van der Waals surface area (Å²) >= 11 is 0. The molecule has 9 nitrogen and oxygen atoms in total. The van der Waals surface area contributed by atoms with Gasteiger partial charge in [-0.25, -0.2) is 9.59 Å². The van der Waals surface area contributed by atoms with Gasteiger partial charge in [0, 0.05) is 12.0 Å². The van der Waals surface area contributed by atoms with Crippen LogP contribution in [0.2, 0.25) is 0 Å². The third-order valence-corrected chi connectivity index (χ3v) is 5.96. The summed E-state index contributed by atoms with van der Waals surface area (Å²) in [5.74, 6) is -2.01. The number of hydrogen-bond donors (Lipinski definition) is 3. The Hall–Kier alpha value is -4.14. The monoisotopic (exact) mass is 447 g/mol. The normalized spacial score (nSPS) is 15.3. The summed E-state index contributed by atoms with van der Waals surface area (Å²) in [4.78, 5) is 35.9. The van der Waals surface area contributed by atoms with Gasteiger partial charge in [-0.2, -0.15) is 0 Å². The second kappa shape index (κ2) is 8.42. The van der Waals surface area contributed by atoms with Crippen molar-refractivity contribution in [2.75, 3.05) is 11.9 Å². The fourth-order valence-corrected chi connectivity index (χ4v) is 4.20. The van der Waals surface area contributed by atoms with Crippen molar-refractivity contribution in [1.82, 2.24) is 10.5 Å². The molecule has 2 aliphatic rings. The molecular formula is C24H21N3O6. The lowest BCUT2D eigenvalue weighted by atomic mass is 9.98. The fraction of sp³-hybridized carbons (Fsp3) is 0.250. The molecule has 2 aromatic carbocycles. The molecule has 3 aromatic rings. The fourth-order valence-electron chi connectivity index (χ4n) is 4.20. The number of carboxylic acids is 1. The number of rotatable bonds is 7. The number of ether oxygens (including phenoxy) is 1. The van der Waals surface area contributed by atoms with Gasteiger partial charge in [0.1, 0.15) is 12.6 Å². The van der Waals surface area contributed by atoms with Crippen molar-refractivity contribution in [2.45, 2.75) is 24.8 Å². The molecule has 0 spiro atoms. The third-order valence-electron chi connectivity index (χ3n) is 5.96. The van der Waals surface area contributed by atoms with Crippen molar-refractivity contribution in [3.63, 3.8) is 0 Å². The zero-order valence-corrected chi connectivity index (χ0v) is 17.5. The lowest BCUT2D eigenvalue weighted by Gasteiger charge is -2.14. The number of amides is 2. The highest BCUT2D eigenvalue weighted by Gasteiger charge is 2.38. The summed E-state index contributed by atoms with van der Waals surface area (Å²) in [5, 5.41) is 17.7. The number of fused-ring (bicyclic) bond motifs is 3. The molecule has 3 N–H and O–H groups in total. The molecule has 1 heterocycles. The molecule has 33 heavy (non-hydrogen) atoms. The van der Waals surface area contributed by atoms with Gasteiger partial charge >= 0.3 is 12.1 Å². The van der Waals surface area contributed by atoms with Crippen molar-refractivity contribution < 1.29 is 28.8 Å². The van der Waals surface area contributed by atoms with Crippen molar-refractivity contribution in [3.8, 4) is 11.1 Å². The van der Waals surface area contributed by atoms with Crippen LogP contribution in [0.4, 0.5) is 10.7 Å². The minimum Gasteiger partial charge on any atom is -0.480 e. The molecule has 1 unspecified atom stereocenters. The van der Waals surface area contributed by atoms with Crippen LogP contribution < -0.4 is 10.6 Å². The summed E-state index contributed by atoms with van der Waals surface area (Å²) in [5.41, 5.74) is 4.30. The van der Waals surface area contributed by atoms with Crippen LogP contribution in [0.25, 0.3) is 11.1 Å². The van der Waals surface area contributed by atoms with Crippen LogP contribution in [-0.2, 0) is 9.53 Å². The van der Waals surface area contributed by atoms with Crippen LogP contribution in [0.3, 0.4) is 0 Å². The second-order valence-electron chi connectivity index (χ2n) is 8.15. The molecule has 0 bridgehead atoms. The molecule has 5 rings (SSSR count). The van der Waals surface area contributed by atoms with Gasteiger partial charge in [-0.05, 0) is 41.0 Å². The van der Waals surface area contributed by atoms with Gasteiger partial charge < -0.3 is 19.7 Å². The second-order valence-corrected chi connectivity index (χ2v) is 8.15. The summed E-state index contributed by atoms with van der Waals surface area (Å²) in [6, 6.07) is 16.3. The van der Waals surface area contributed by atoms with Crippen molar-refractivity contribution in [2.24, 2.45) is 5.92 Å². The zero-order valence-electron chi connectivity index (χ0n) is 17.5. The van der Waals surface area contributed by atoms with Gasteiger partial charge in [0.15, 0.2) is 5.69 Å². The number of aromatic nitrogens is 1. The number of anilines is 1. The number of carboxylic acid groups (broad SMARTS) is 1. The third kappa shape index (κ3) is 4.17. The molecule has 2 aliphatic carbocycles.